The fourth-order valence-corrected chi connectivity index (χ4v) is 3.56. The van der Waals surface area contributed by atoms with E-state index in [0.29, 0.717) is 0 Å². The summed E-state index contributed by atoms with van der Waals surface area (Å²) in [6.07, 6.45) is 5.54. The molecule has 4 heteroatoms. The van der Waals surface area contributed by atoms with Gasteiger partial charge in [0.1, 0.15) is 0 Å². The molecule has 4 nitrogen and oxygen atoms in total. The van der Waals surface area contributed by atoms with E-state index in [1.54, 1.807) is 6.08 Å². The van der Waals surface area contributed by atoms with Crippen molar-refractivity contribution in [3.63, 3.8) is 0 Å². The molecule has 0 atom stereocenters. The largest absolute Gasteiger partial charge is 0.361 e. The molecule has 1 fully saturated rings. The summed E-state index contributed by atoms with van der Waals surface area (Å²) in [5.41, 5.74) is 4.16. The molecule has 0 aliphatic carbocycles. The van der Waals surface area contributed by atoms with Crippen LogP contribution in [0.4, 0.5) is 0 Å². The molecule has 0 radical (unpaired) electrons. The number of H-pyrrole nitrogens is 1. The van der Waals surface area contributed by atoms with E-state index in [9.17, 15) is 4.79 Å². The summed E-state index contributed by atoms with van der Waals surface area (Å²) in [6.45, 7) is 5.32. The van der Waals surface area contributed by atoms with Gasteiger partial charge >= 0.3 is 0 Å². The summed E-state index contributed by atoms with van der Waals surface area (Å²) in [7, 11) is 2.17. The highest BCUT2D eigenvalue weighted by molar-refractivity contribution is 6.08. The van der Waals surface area contributed by atoms with Crippen LogP contribution in [0.1, 0.15) is 21.5 Å². The van der Waals surface area contributed by atoms with Crippen molar-refractivity contribution in [3.05, 3.63) is 77.5 Å². The number of carbonyl (C=O) groups excluding carboxylic acids is 1. The van der Waals surface area contributed by atoms with Gasteiger partial charge in [0.2, 0.25) is 0 Å². The first-order valence-electron chi connectivity index (χ1n) is 9.47. The number of fused-ring (bicyclic) bond motifs is 1. The SMILES string of the molecule is CN1CCN(Cc2ccccc2/C=C/C(=O)c2ccc3[nH]ccc3c2)CC1. The lowest BCUT2D eigenvalue weighted by Crippen LogP contribution is -2.43. The van der Waals surface area contributed by atoms with Crippen LogP contribution >= 0.6 is 0 Å². The maximum Gasteiger partial charge on any atom is 0.185 e. The molecule has 1 aliphatic rings. The van der Waals surface area contributed by atoms with Gasteiger partial charge in [0.15, 0.2) is 5.78 Å². The molecule has 138 valence electrons. The Morgan fingerprint density at radius 2 is 1.89 bits per heavy atom. The van der Waals surface area contributed by atoms with Crippen LogP contribution < -0.4 is 0 Å². The first kappa shape index (κ1) is 17.7. The van der Waals surface area contributed by atoms with Gasteiger partial charge in [-0.05, 0) is 48.5 Å². The molecule has 3 aromatic rings. The minimum absolute atomic E-state index is 0.0347. The van der Waals surface area contributed by atoms with Gasteiger partial charge in [0.05, 0.1) is 0 Å². The zero-order chi connectivity index (χ0) is 18.6. The van der Waals surface area contributed by atoms with Crippen molar-refractivity contribution in [2.45, 2.75) is 6.54 Å². The van der Waals surface area contributed by atoms with Crippen molar-refractivity contribution in [2.24, 2.45) is 0 Å². The van der Waals surface area contributed by atoms with Crippen molar-refractivity contribution < 1.29 is 4.79 Å². The Bertz CT molecular complexity index is 964. The van der Waals surface area contributed by atoms with Gasteiger partial charge in [-0.3, -0.25) is 9.69 Å². The number of nitrogens with one attached hydrogen (secondary N) is 1. The number of likely N-dealkylation sites (N-methyl/N-ethyl adjacent to an activating group) is 1. The fraction of sp³-hybridized carbons (Fsp3) is 0.261. The molecule has 0 spiro atoms. The van der Waals surface area contributed by atoms with Gasteiger partial charge < -0.3 is 9.88 Å². The van der Waals surface area contributed by atoms with E-state index in [1.165, 1.54) is 5.56 Å². The molecule has 4 rings (SSSR count). The highest BCUT2D eigenvalue weighted by atomic mass is 16.1. The van der Waals surface area contributed by atoms with E-state index in [4.69, 9.17) is 0 Å². The minimum atomic E-state index is 0.0347. The third kappa shape index (κ3) is 4.18. The molecular weight excluding hydrogens is 334 g/mol. The smallest absolute Gasteiger partial charge is 0.185 e. The van der Waals surface area contributed by atoms with Crippen molar-refractivity contribution in [2.75, 3.05) is 33.2 Å². The summed E-state index contributed by atoms with van der Waals surface area (Å²) >= 11 is 0. The van der Waals surface area contributed by atoms with Gasteiger partial charge in [-0.2, -0.15) is 0 Å². The Balaban J connectivity index is 1.49. The highest BCUT2D eigenvalue weighted by Gasteiger charge is 2.14. The first-order chi connectivity index (χ1) is 13.2. The van der Waals surface area contributed by atoms with Gasteiger partial charge in [-0.1, -0.05) is 30.3 Å². The Morgan fingerprint density at radius 1 is 1.07 bits per heavy atom. The van der Waals surface area contributed by atoms with Crippen LogP contribution in [0, 0.1) is 0 Å². The maximum atomic E-state index is 12.6. The maximum absolute atomic E-state index is 12.6. The summed E-state index contributed by atoms with van der Waals surface area (Å²) in [5.74, 6) is 0.0347. The summed E-state index contributed by atoms with van der Waals surface area (Å²) < 4.78 is 0. The molecular formula is C23H25N3O. The van der Waals surface area contributed by atoms with E-state index >= 15 is 0 Å². The van der Waals surface area contributed by atoms with Crippen LogP contribution in [-0.2, 0) is 6.54 Å². The van der Waals surface area contributed by atoms with Crippen LogP contribution in [0.2, 0.25) is 0 Å². The number of hydrogen-bond acceptors (Lipinski definition) is 3. The number of rotatable bonds is 5. The Kier molecular flexibility index (Phi) is 5.19. The third-order valence-electron chi connectivity index (χ3n) is 5.30. The fourth-order valence-electron chi connectivity index (χ4n) is 3.56. The molecule has 1 saturated heterocycles. The number of hydrogen-bond donors (Lipinski definition) is 1. The zero-order valence-electron chi connectivity index (χ0n) is 15.7. The third-order valence-corrected chi connectivity index (χ3v) is 5.30. The Hall–Kier alpha value is -2.69. The number of allylic oxidation sites excluding steroid dienone is 1. The van der Waals surface area contributed by atoms with Gasteiger partial charge in [-0.25, -0.2) is 0 Å². The molecule has 0 bridgehead atoms. The van der Waals surface area contributed by atoms with Gasteiger partial charge in [0.25, 0.3) is 0 Å². The predicted octanol–water partition coefficient (Wildman–Crippen LogP) is 3.81. The molecule has 1 aliphatic heterocycles. The van der Waals surface area contributed by atoms with Crippen molar-refractivity contribution >= 4 is 22.8 Å². The number of benzene rings is 2. The average molecular weight is 359 g/mol. The van der Waals surface area contributed by atoms with Crippen molar-refractivity contribution in [1.29, 1.82) is 0 Å². The van der Waals surface area contributed by atoms with E-state index in [-0.39, 0.29) is 5.78 Å². The lowest BCUT2D eigenvalue weighted by Gasteiger charge is -2.32. The second-order valence-corrected chi connectivity index (χ2v) is 7.26. The van der Waals surface area contributed by atoms with Gasteiger partial charge in [0, 0.05) is 55.4 Å². The van der Waals surface area contributed by atoms with E-state index in [0.717, 1.165) is 54.8 Å². The lowest BCUT2D eigenvalue weighted by atomic mass is 10.0. The number of aromatic nitrogens is 1. The number of carbonyl (C=O) groups is 1. The number of piperazine rings is 1. The van der Waals surface area contributed by atoms with Crippen molar-refractivity contribution in [3.8, 4) is 0 Å². The Morgan fingerprint density at radius 3 is 2.74 bits per heavy atom. The normalized spacial score (nSPS) is 16.3. The van der Waals surface area contributed by atoms with Gasteiger partial charge in [-0.15, -0.1) is 0 Å². The summed E-state index contributed by atoms with van der Waals surface area (Å²) in [5, 5.41) is 1.06. The molecule has 0 saturated carbocycles. The second-order valence-electron chi connectivity index (χ2n) is 7.26. The zero-order valence-corrected chi connectivity index (χ0v) is 15.7. The van der Waals surface area contributed by atoms with E-state index in [2.05, 4.69) is 40.0 Å². The summed E-state index contributed by atoms with van der Waals surface area (Å²) in [6, 6.07) is 16.1. The standard InChI is InChI=1S/C23H25N3O/c1-25-12-14-26(15-13-25)17-21-5-3-2-4-18(21)7-9-23(27)20-6-8-22-19(16-20)10-11-24-22/h2-11,16,24H,12-15,17H2,1H3/b9-7+. The number of nitrogens with zero attached hydrogens (tertiary/aromatic N) is 2. The molecule has 2 heterocycles. The van der Waals surface area contributed by atoms with E-state index in [1.807, 2.05) is 42.6 Å². The van der Waals surface area contributed by atoms with Crippen LogP contribution in [0.3, 0.4) is 0 Å². The van der Waals surface area contributed by atoms with Crippen LogP contribution in [-0.4, -0.2) is 53.8 Å². The first-order valence-corrected chi connectivity index (χ1v) is 9.47. The molecule has 2 aromatic carbocycles. The molecule has 0 unspecified atom stereocenters. The molecule has 0 amide bonds. The predicted molar refractivity (Wildman–Crippen MR) is 111 cm³/mol. The minimum Gasteiger partial charge on any atom is -0.361 e. The van der Waals surface area contributed by atoms with Crippen LogP contribution in [0.25, 0.3) is 17.0 Å². The number of aromatic amines is 1. The summed E-state index contributed by atoms with van der Waals surface area (Å²) in [4.78, 5) is 20.6. The average Bonchev–Trinajstić information content (AvgIpc) is 3.16. The Labute approximate surface area is 160 Å². The highest BCUT2D eigenvalue weighted by Crippen LogP contribution is 2.17. The van der Waals surface area contributed by atoms with Crippen LogP contribution in [0.15, 0.2) is 60.8 Å². The lowest BCUT2D eigenvalue weighted by molar-refractivity contribution is 0.104. The second kappa shape index (κ2) is 7.91. The van der Waals surface area contributed by atoms with E-state index < -0.39 is 0 Å². The number of ketones is 1. The van der Waals surface area contributed by atoms with Crippen molar-refractivity contribution in [1.82, 2.24) is 14.8 Å². The molecule has 27 heavy (non-hydrogen) atoms. The molecule has 1 N–H and O–H groups in total. The molecule has 1 aromatic heterocycles. The topological polar surface area (TPSA) is 39.3 Å². The quantitative estimate of drug-likeness (QED) is 0.556. The monoisotopic (exact) mass is 359 g/mol. The van der Waals surface area contributed by atoms with Crippen LogP contribution in [0.5, 0.6) is 0 Å².